The Morgan fingerprint density at radius 2 is 1.95 bits per heavy atom. The Hall–Kier alpha value is -1.73. The molecular weight excluding hydrogens is 409 g/mol. The first-order chi connectivity index (χ1) is 10.7. The third-order valence-corrected chi connectivity index (χ3v) is 4.60. The number of aromatic nitrogens is 1. The zero-order valence-corrected chi connectivity index (χ0v) is 14.5. The van der Waals surface area contributed by atoms with E-state index in [1.54, 1.807) is 23.5 Å². The van der Waals surface area contributed by atoms with Gasteiger partial charge >= 0.3 is 5.97 Å². The number of esters is 1. The highest BCUT2D eigenvalue weighted by Gasteiger charge is 2.10. The Morgan fingerprint density at radius 3 is 2.73 bits per heavy atom. The molecule has 0 atom stereocenters. The molecule has 3 aromatic rings. The average molecular weight is 421 g/mol. The van der Waals surface area contributed by atoms with Gasteiger partial charge in [-0.05, 0) is 40.8 Å². The summed E-state index contributed by atoms with van der Waals surface area (Å²) in [6.07, 6.45) is 0. The Bertz CT molecular complexity index is 786. The molecule has 1 aromatic heterocycles. The number of hydrogen-bond acceptors (Lipinski definition) is 4. The van der Waals surface area contributed by atoms with Gasteiger partial charge in [-0.15, -0.1) is 11.3 Å². The van der Waals surface area contributed by atoms with Gasteiger partial charge < -0.3 is 4.74 Å². The molecule has 3 rings (SSSR count). The number of benzene rings is 2. The van der Waals surface area contributed by atoms with Crippen molar-refractivity contribution in [1.29, 1.82) is 0 Å². The van der Waals surface area contributed by atoms with Gasteiger partial charge in [0.15, 0.2) is 0 Å². The Morgan fingerprint density at radius 1 is 1.14 bits per heavy atom. The van der Waals surface area contributed by atoms with E-state index in [1.165, 1.54) is 0 Å². The first-order valence-corrected chi connectivity index (χ1v) is 8.61. The first-order valence-electron chi connectivity index (χ1n) is 6.65. The minimum absolute atomic E-state index is 0.188. The highest BCUT2D eigenvalue weighted by atomic mass is 127. The summed E-state index contributed by atoms with van der Waals surface area (Å²) in [5.74, 6) is -0.326. The molecule has 1 heterocycles. The number of thiazole rings is 1. The minimum atomic E-state index is -0.326. The monoisotopic (exact) mass is 421 g/mol. The van der Waals surface area contributed by atoms with E-state index in [1.807, 2.05) is 47.8 Å². The van der Waals surface area contributed by atoms with Crippen LogP contribution in [0.5, 0.6) is 0 Å². The fourth-order valence-corrected chi connectivity index (χ4v) is 3.28. The van der Waals surface area contributed by atoms with E-state index in [4.69, 9.17) is 4.74 Å². The molecule has 110 valence electrons. The maximum Gasteiger partial charge on any atom is 0.338 e. The van der Waals surface area contributed by atoms with E-state index < -0.39 is 0 Å². The standard InChI is InChI=1S/C17H12INO2S/c18-14-8-4-7-13(9-14)17(20)21-10-15-11-22-16(19-15)12-5-2-1-3-6-12/h1-9,11H,10H2. The quantitative estimate of drug-likeness (QED) is 0.450. The molecule has 0 radical (unpaired) electrons. The minimum Gasteiger partial charge on any atom is -0.456 e. The Kier molecular flexibility index (Phi) is 4.84. The van der Waals surface area contributed by atoms with Gasteiger partial charge in [-0.25, -0.2) is 9.78 Å². The lowest BCUT2D eigenvalue weighted by atomic mass is 10.2. The smallest absolute Gasteiger partial charge is 0.338 e. The van der Waals surface area contributed by atoms with E-state index in [0.717, 1.165) is 19.8 Å². The number of nitrogens with zero attached hydrogens (tertiary/aromatic N) is 1. The van der Waals surface area contributed by atoms with Crippen LogP contribution >= 0.6 is 33.9 Å². The second-order valence-electron chi connectivity index (χ2n) is 4.60. The van der Waals surface area contributed by atoms with Crippen molar-refractivity contribution in [1.82, 2.24) is 4.98 Å². The average Bonchev–Trinajstić information content (AvgIpc) is 3.02. The van der Waals surface area contributed by atoms with Crippen LogP contribution in [0.4, 0.5) is 0 Å². The number of hydrogen-bond donors (Lipinski definition) is 0. The van der Waals surface area contributed by atoms with E-state index >= 15 is 0 Å². The largest absolute Gasteiger partial charge is 0.456 e. The van der Waals surface area contributed by atoms with Crippen molar-refractivity contribution in [3.63, 3.8) is 0 Å². The third-order valence-electron chi connectivity index (χ3n) is 2.98. The molecule has 3 nitrogen and oxygen atoms in total. The summed E-state index contributed by atoms with van der Waals surface area (Å²) < 4.78 is 6.33. The SMILES string of the molecule is O=C(OCc1csc(-c2ccccc2)n1)c1cccc(I)c1. The number of carbonyl (C=O) groups excluding carboxylic acids is 1. The lowest BCUT2D eigenvalue weighted by Gasteiger charge is -2.03. The van der Waals surface area contributed by atoms with Crippen molar-refractivity contribution in [3.8, 4) is 10.6 Å². The number of carbonyl (C=O) groups is 1. The Labute approximate surface area is 146 Å². The predicted molar refractivity (Wildman–Crippen MR) is 95.8 cm³/mol. The summed E-state index contributed by atoms with van der Waals surface area (Å²) in [7, 11) is 0. The second-order valence-corrected chi connectivity index (χ2v) is 6.70. The predicted octanol–water partition coefficient (Wildman–Crippen LogP) is 4.77. The van der Waals surface area contributed by atoms with Crippen molar-refractivity contribution in [3.05, 3.63) is 74.8 Å². The van der Waals surface area contributed by atoms with Crippen molar-refractivity contribution in [2.75, 3.05) is 0 Å². The summed E-state index contributed by atoms with van der Waals surface area (Å²) in [5, 5.41) is 2.85. The zero-order valence-electron chi connectivity index (χ0n) is 11.5. The van der Waals surface area contributed by atoms with Gasteiger partial charge in [-0.2, -0.15) is 0 Å². The molecule has 0 aliphatic carbocycles. The molecule has 0 aliphatic rings. The molecule has 0 spiro atoms. The van der Waals surface area contributed by atoms with Gasteiger partial charge in [0.05, 0.1) is 11.3 Å². The Balaban J connectivity index is 1.65. The normalized spacial score (nSPS) is 10.4. The summed E-state index contributed by atoms with van der Waals surface area (Å²) in [5.41, 5.74) is 2.40. The fourth-order valence-electron chi connectivity index (χ4n) is 1.92. The topological polar surface area (TPSA) is 39.2 Å². The summed E-state index contributed by atoms with van der Waals surface area (Å²) in [6, 6.07) is 17.3. The molecule has 0 saturated heterocycles. The van der Waals surface area contributed by atoms with Crippen LogP contribution in [0.25, 0.3) is 10.6 Å². The van der Waals surface area contributed by atoms with Gasteiger partial charge in [0.2, 0.25) is 0 Å². The van der Waals surface area contributed by atoms with E-state index in [-0.39, 0.29) is 12.6 Å². The van der Waals surface area contributed by atoms with Crippen LogP contribution in [0, 0.1) is 3.57 Å². The number of ether oxygens (including phenoxy) is 1. The highest BCUT2D eigenvalue weighted by Crippen LogP contribution is 2.23. The number of rotatable bonds is 4. The van der Waals surface area contributed by atoms with Crippen molar-refractivity contribution in [2.45, 2.75) is 6.61 Å². The lowest BCUT2D eigenvalue weighted by molar-refractivity contribution is 0.0468. The lowest BCUT2D eigenvalue weighted by Crippen LogP contribution is -2.05. The molecule has 22 heavy (non-hydrogen) atoms. The summed E-state index contributed by atoms with van der Waals surface area (Å²) >= 11 is 3.72. The van der Waals surface area contributed by atoms with Crippen LogP contribution in [-0.2, 0) is 11.3 Å². The molecule has 0 unspecified atom stereocenters. The molecule has 0 saturated carbocycles. The molecule has 2 aromatic carbocycles. The molecule has 0 aliphatic heterocycles. The summed E-state index contributed by atoms with van der Waals surface area (Å²) in [6.45, 7) is 0.188. The van der Waals surface area contributed by atoms with E-state index in [9.17, 15) is 4.79 Å². The van der Waals surface area contributed by atoms with Crippen LogP contribution in [0.15, 0.2) is 60.0 Å². The van der Waals surface area contributed by atoms with Crippen molar-refractivity contribution < 1.29 is 9.53 Å². The maximum absolute atomic E-state index is 12.0. The summed E-state index contributed by atoms with van der Waals surface area (Å²) in [4.78, 5) is 16.5. The molecule has 0 bridgehead atoms. The van der Waals surface area contributed by atoms with E-state index in [2.05, 4.69) is 27.6 Å². The van der Waals surface area contributed by atoms with Gasteiger partial charge in [-0.1, -0.05) is 36.4 Å². The van der Waals surface area contributed by atoms with Crippen molar-refractivity contribution >= 4 is 39.9 Å². The van der Waals surface area contributed by atoms with Crippen molar-refractivity contribution in [2.24, 2.45) is 0 Å². The van der Waals surface area contributed by atoms with Crippen LogP contribution in [0.3, 0.4) is 0 Å². The van der Waals surface area contributed by atoms with Crippen LogP contribution in [0.2, 0.25) is 0 Å². The van der Waals surface area contributed by atoms with Gasteiger partial charge in [0.1, 0.15) is 11.6 Å². The molecule has 0 N–H and O–H groups in total. The first kappa shape index (κ1) is 15.2. The van der Waals surface area contributed by atoms with Crippen LogP contribution in [-0.4, -0.2) is 11.0 Å². The zero-order chi connectivity index (χ0) is 15.4. The van der Waals surface area contributed by atoms with Gasteiger partial charge in [-0.3, -0.25) is 0 Å². The van der Waals surface area contributed by atoms with Gasteiger partial charge in [0.25, 0.3) is 0 Å². The molecule has 0 amide bonds. The third kappa shape index (κ3) is 3.72. The number of halogens is 1. The fraction of sp³-hybridized carbons (Fsp3) is 0.0588. The van der Waals surface area contributed by atoms with Gasteiger partial charge in [0, 0.05) is 14.5 Å². The maximum atomic E-state index is 12.0. The molecule has 5 heteroatoms. The van der Waals surface area contributed by atoms with E-state index in [0.29, 0.717) is 5.56 Å². The molecular formula is C17H12INO2S. The highest BCUT2D eigenvalue weighted by molar-refractivity contribution is 14.1. The second kappa shape index (κ2) is 7.02. The van der Waals surface area contributed by atoms with Crippen LogP contribution < -0.4 is 0 Å². The molecule has 0 fully saturated rings. The van der Waals surface area contributed by atoms with Crippen LogP contribution in [0.1, 0.15) is 16.1 Å².